The summed E-state index contributed by atoms with van der Waals surface area (Å²) in [5.41, 5.74) is 0. The molecule has 0 N–H and O–H groups in total. The van der Waals surface area contributed by atoms with Crippen molar-refractivity contribution in [2.75, 3.05) is 0 Å². The maximum absolute atomic E-state index is 7.18. The molecule has 0 fully saturated rings. The summed E-state index contributed by atoms with van der Waals surface area (Å²) < 4.78 is 68.4. The first-order chi connectivity index (χ1) is 21.1. The molecular formula is C32H72O10Si2Ti. The van der Waals surface area contributed by atoms with Gasteiger partial charge in [-0.3, -0.25) is 0 Å². The predicted octanol–water partition coefficient (Wildman–Crippen LogP) is 9.23. The molecule has 0 radical (unpaired) electrons. The number of hydrogen-bond donors (Lipinski definition) is 0. The monoisotopic (exact) mass is 720 g/mol. The Hall–Kier alpha value is 0.748. The van der Waals surface area contributed by atoms with Gasteiger partial charge in [0.2, 0.25) is 0 Å². The average Bonchev–Trinajstić information content (AvgIpc) is 2.99. The fourth-order valence-electron chi connectivity index (χ4n) is 3.40. The summed E-state index contributed by atoms with van der Waals surface area (Å²) in [5.74, 6) is 0. The molecular weight excluding hydrogens is 648 g/mol. The third-order valence-corrected chi connectivity index (χ3v) is 19.9. The molecule has 10 nitrogen and oxygen atoms in total. The van der Waals surface area contributed by atoms with Gasteiger partial charge in [0.1, 0.15) is 0 Å². The van der Waals surface area contributed by atoms with Crippen LogP contribution in [-0.4, -0.2) is 66.9 Å². The third kappa shape index (κ3) is 17.3. The Labute approximate surface area is 285 Å². The van der Waals surface area contributed by atoms with Gasteiger partial charge in [-0.2, -0.15) is 0 Å². The second-order valence-corrected chi connectivity index (χ2v) is 20.4. The first-order valence-electron chi connectivity index (χ1n) is 17.9. The van der Waals surface area contributed by atoms with Crippen LogP contribution >= 0.6 is 0 Å². The topological polar surface area (TPSA) is 92.3 Å². The first-order valence-corrected chi connectivity index (χ1v) is 23.7. The molecule has 0 bridgehead atoms. The summed E-state index contributed by atoms with van der Waals surface area (Å²) in [6, 6.07) is 0. The molecule has 0 rings (SSSR count). The molecule has 0 heterocycles. The fraction of sp³-hybridized carbons (Fsp3) is 1.00. The zero-order valence-electron chi connectivity index (χ0n) is 31.9. The van der Waals surface area contributed by atoms with Crippen LogP contribution in [0.3, 0.4) is 0 Å². The minimum atomic E-state index is -5.09. The molecule has 8 unspecified atom stereocenters. The standard InChI is InChI=1S/2C12H27O4Si.2C4H9O.Ti/c2*1-7-10(4)14-17(13,15-11(5)8-2)16-12(6)9-3;2*1-3-4(2)5;/h2*10-12H,7-9H2,1-6H3;2*4H,3H2,1-2H3;/q4*-1;+4. The second kappa shape index (κ2) is 23.2. The van der Waals surface area contributed by atoms with Crippen LogP contribution in [0.2, 0.25) is 0 Å². The van der Waals surface area contributed by atoms with Gasteiger partial charge in [-0.15, -0.1) is 0 Å². The molecule has 0 saturated carbocycles. The summed E-state index contributed by atoms with van der Waals surface area (Å²) in [4.78, 5) is 0. The van der Waals surface area contributed by atoms with Crippen molar-refractivity contribution in [3.8, 4) is 0 Å². The molecule has 0 aromatic carbocycles. The molecule has 0 amide bonds. The maximum atomic E-state index is 7.18. The van der Waals surface area contributed by atoms with E-state index in [-0.39, 0.29) is 48.8 Å². The summed E-state index contributed by atoms with van der Waals surface area (Å²) in [6.45, 7) is 32.4. The van der Waals surface area contributed by atoms with Crippen molar-refractivity contribution in [3.63, 3.8) is 0 Å². The van der Waals surface area contributed by atoms with Gasteiger partial charge in [-0.1, -0.05) is 0 Å². The molecule has 0 aliphatic carbocycles. The normalized spacial score (nSPS) is 21.9. The number of rotatable bonds is 28. The Bertz CT molecular complexity index is 632. The average molecular weight is 721 g/mol. The first kappa shape index (κ1) is 45.7. The molecule has 0 aliphatic heterocycles. The van der Waals surface area contributed by atoms with Crippen LogP contribution in [-0.2, 0) is 57.3 Å². The van der Waals surface area contributed by atoms with Gasteiger partial charge in [0.05, 0.1) is 0 Å². The third-order valence-electron chi connectivity index (χ3n) is 7.86. The Morgan fingerprint density at radius 3 is 0.667 bits per heavy atom. The predicted molar refractivity (Wildman–Crippen MR) is 180 cm³/mol. The van der Waals surface area contributed by atoms with Gasteiger partial charge in [-0.25, -0.2) is 0 Å². The van der Waals surface area contributed by atoms with Gasteiger partial charge < -0.3 is 0 Å². The molecule has 0 aromatic rings. The van der Waals surface area contributed by atoms with Crippen molar-refractivity contribution in [2.24, 2.45) is 0 Å². The zero-order valence-corrected chi connectivity index (χ0v) is 35.4. The second-order valence-electron chi connectivity index (χ2n) is 12.4. The van der Waals surface area contributed by atoms with E-state index < -0.39 is 36.2 Å². The molecule has 0 saturated heterocycles. The summed E-state index contributed by atoms with van der Waals surface area (Å²) in [7, 11) is -8.05. The quantitative estimate of drug-likeness (QED) is 0.0729. The van der Waals surface area contributed by atoms with Gasteiger partial charge >= 0.3 is 286 Å². The van der Waals surface area contributed by atoms with E-state index in [1.165, 1.54) is 0 Å². The van der Waals surface area contributed by atoms with E-state index in [1.807, 2.05) is 55.4 Å². The van der Waals surface area contributed by atoms with E-state index in [9.17, 15) is 0 Å². The summed E-state index contributed by atoms with van der Waals surface area (Å²) in [5, 5.41) is 0. The molecule has 0 aliphatic rings. The van der Waals surface area contributed by atoms with Gasteiger partial charge in [0.25, 0.3) is 0 Å². The van der Waals surface area contributed by atoms with Crippen LogP contribution in [0.25, 0.3) is 0 Å². The van der Waals surface area contributed by atoms with Crippen molar-refractivity contribution in [3.05, 3.63) is 0 Å². The van der Waals surface area contributed by atoms with E-state index >= 15 is 0 Å². The molecule has 13 heteroatoms. The van der Waals surface area contributed by atoms with E-state index in [1.54, 1.807) is 0 Å². The molecule has 272 valence electrons. The van der Waals surface area contributed by atoms with Crippen molar-refractivity contribution in [1.82, 2.24) is 0 Å². The number of hydrogen-bond acceptors (Lipinski definition) is 10. The summed E-state index contributed by atoms with van der Waals surface area (Å²) >= 11 is -5.09. The van der Waals surface area contributed by atoms with Crippen LogP contribution in [0.15, 0.2) is 0 Å². The van der Waals surface area contributed by atoms with Crippen LogP contribution in [0.4, 0.5) is 0 Å². The molecule has 0 spiro atoms. The molecule has 45 heavy (non-hydrogen) atoms. The molecule has 0 aromatic heterocycles. The van der Waals surface area contributed by atoms with Gasteiger partial charge in [0, 0.05) is 0 Å². The Kier molecular flexibility index (Phi) is 23.6. The van der Waals surface area contributed by atoms with Crippen LogP contribution < -0.4 is 0 Å². The van der Waals surface area contributed by atoms with Crippen molar-refractivity contribution >= 4 is 18.1 Å². The van der Waals surface area contributed by atoms with Crippen molar-refractivity contribution < 1.29 is 57.3 Å². The van der Waals surface area contributed by atoms with Crippen LogP contribution in [0, 0.1) is 0 Å². The van der Waals surface area contributed by atoms with E-state index in [0.717, 1.165) is 38.5 Å². The SMILES string of the molecule is CCC(C)O[Si](OC(C)CC)(OC(C)CC)[O][Ti]([O]C(C)CC)([O]C(C)CC)[O][Si](OC(C)CC)(OC(C)CC)OC(C)CC. The van der Waals surface area contributed by atoms with Crippen LogP contribution in [0.5, 0.6) is 0 Å². The Balaban J connectivity index is 7.77. The Morgan fingerprint density at radius 1 is 0.333 bits per heavy atom. The van der Waals surface area contributed by atoms with Crippen molar-refractivity contribution in [1.29, 1.82) is 0 Å². The molecule has 8 atom stereocenters. The van der Waals surface area contributed by atoms with E-state index in [4.69, 9.17) is 39.2 Å². The van der Waals surface area contributed by atoms with Crippen LogP contribution in [0.1, 0.15) is 162 Å². The zero-order chi connectivity index (χ0) is 34.8. The van der Waals surface area contributed by atoms with Gasteiger partial charge in [-0.05, 0) is 0 Å². The van der Waals surface area contributed by atoms with Gasteiger partial charge in [0.15, 0.2) is 0 Å². The summed E-state index contributed by atoms with van der Waals surface area (Å²) in [6.07, 6.45) is 3.91. The minimum absolute atomic E-state index is 0.219. The fourth-order valence-corrected chi connectivity index (χ4v) is 16.8. The van der Waals surface area contributed by atoms with Crippen molar-refractivity contribution in [2.45, 2.75) is 211 Å². The van der Waals surface area contributed by atoms with E-state index in [0.29, 0.717) is 12.8 Å². The Morgan fingerprint density at radius 2 is 0.511 bits per heavy atom. The van der Waals surface area contributed by atoms with E-state index in [2.05, 4.69) is 55.4 Å².